The molecule has 0 saturated heterocycles. The summed E-state index contributed by atoms with van der Waals surface area (Å²) in [5.74, 6) is -0.144. The minimum absolute atomic E-state index is 0.143. The molecule has 2 heterocycles. The highest BCUT2D eigenvalue weighted by Crippen LogP contribution is 2.24. The van der Waals surface area contributed by atoms with Gasteiger partial charge in [-0.25, -0.2) is 9.78 Å². The maximum absolute atomic E-state index is 12.4. The van der Waals surface area contributed by atoms with Gasteiger partial charge in [0.05, 0.1) is 12.7 Å². The molecule has 0 saturated carbocycles. The number of ether oxygens (including phenoxy) is 1. The van der Waals surface area contributed by atoms with Crippen molar-refractivity contribution in [2.45, 2.75) is 98.1 Å². The van der Waals surface area contributed by atoms with Crippen LogP contribution >= 0.6 is 0 Å². The summed E-state index contributed by atoms with van der Waals surface area (Å²) >= 11 is 0. The van der Waals surface area contributed by atoms with Gasteiger partial charge >= 0.3 is 5.97 Å². The summed E-state index contributed by atoms with van der Waals surface area (Å²) in [7, 11) is 0. The molecule has 1 unspecified atom stereocenters. The third-order valence-corrected chi connectivity index (χ3v) is 6.93. The summed E-state index contributed by atoms with van der Waals surface area (Å²) in [6.07, 6.45) is 6.89. The van der Waals surface area contributed by atoms with Crippen molar-refractivity contribution in [3.8, 4) is 0 Å². The number of fused-ring (bicyclic) bond motifs is 1. The lowest BCUT2D eigenvalue weighted by molar-refractivity contribution is -0.142. The zero-order valence-corrected chi connectivity index (χ0v) is 23.1. The molecule has 36 heavy (non-hydrogen) atoms. The van der Waals surface area contributed by atoms with Gasteiger partial charge in [0.25, 0.3) is 0 Å². The number of nitrogens with one attached hydrogen (secondary N) is 2. The maximum atomic E-state index is 12.4. The SMILES string of the molecule is CCC(C)(C)CC(=O)NC(CCN(CCCCc1ccc2c(n1)NCCC2)CCOC(C)C)C(=O)O. The van der Waals surface area contributed by atoms with Crippen molar-refractivity contribution in [2.75, 3.05) is 38.1 Å². The first-order valence-corrected chi connectivity index (χ1v) is 13.7. The van der Waals surface area contributed by atoms with Crippen LogP contribution in [0.25, 0.3) is 0 Å². The average molecular weight is 505 g/mol. The number of carboxylic acids is 1. The number of aryl methyl sites for hydroxylation is 2. The number of hydrogen-bond donors (Lipinski definition) is 3. The number of rotatable bonds is 17. The van der Waals surface area contributed by atoms with Crippen LogP contribution in [-0.2, 0) is 27.2 Å². The highest BCUT2D eigenvalue weighted by molar-refractivity contribution is 5.83. The summed E-state index contributed by atoms with van der Waals surface area (Å²) in [6, 6.07) is 3.45. The molecule has 0 radical (unpaired) electrons. The van der Waals surface area contributed by atoms with Crippen molar-refractivity contribution in [1.29, 1.82) is 0 Å². The van der Waals surface area contributed by atoms with E-state index in [0.29, 0.717) is 26.0 Å². The molecule has 0 spiro atoms. The molecule has 1 aromatic heterocycles. The highest BCUT2D eigenvalue weighted by atomic mass is 16.5. The lowest BCUT2D eigenvalue weighted by atomic mass is 9.86. The number of aromatic nitrogens is 1. The number of carboxylic acid groups (broad SMARTS) is 1. The Bertz CT molecular complexity index is 828. The Balaban J connectivity index is 1.85. The van der Waals surface area contributed by atoms with Crippen molar-refractivity contribution >= 4 is 17.7 Å². The smallest absolute Gasteiger partial charge is 0.326 e. The molecule has 1 atom stereocenters. The van der Waals surface area contributed by atoms with Crippen LogP contribution in [0.4, 0.5) is 5.82 Å². The molecule has 0 fully saturated rings. The van der Waals surface area contributed by atoms with Gasteiger partial charge in [0, 0.05) is 31.7 Å². The topological polar surface area (TPSA) is 104 Å². The fourth-order valence-corrected chi connectivity index (χ4v) is 4.28. The lowest BCUT2D eigenvalue weighted by Crippen LogP contribution is -2.44. The second kappa shape index (κ2) is 15.2. The third-order valence-electron chi connectivity index (χ3n) is 6.93. The van der Waals surface area contributed by atoms with Crippen LogP contribution in [0.1, 0.15) is 84.4 Å². The second-order valence-electron chi connectivity index (χ2n) is 11.0. The molecule has 0 aromatic carbocycles. The van der Waals surface area contributed by atoms with E-state index in [2.05, 4.69) is 27.7 Å². The van der Waals surface area contributed by atoms with Crippen molar-refractivity contribution in [3.05, 3.63) is 23.4 Å². The van der Waals surface area contributed by atoms with E-state index in [1.165, 1.54) is 5.56 Å². The fraction of sp³-hybridized carbons (Fsp3) is 0.750. The minimum atomic E-state index is -0.983. The summed E-state index contributed by atoms with van der Waals surface area (Å²) in [5.41, 5.74) is 2.28. The third kappa shape index (κ3) is 11.2. The molecule has 2 rings (SSSR count). The number of carbonyl (C=O) groups is 2. The highest BCUT2D eigenvalue weighted by Gasteiger charge is 2.25. The molecule has 1 aromatic rings. The normalized spacial score (nSPS) is 14.4. The number of unbranched alkanes of at least 4 members (excludes halogenated alkanes) is 1. The Morgan fingerprint density at radius 2 is 2.00 bits per heavy atom. The number of hydrogen-bond acceptors (Lipinski definition) is 6. The number of anilines is 1. The van der Waals surface area contributed by atoms with E-state index in [0.717, 1.165) is 69.7 Å². The van der Waals surface area contributed by atoms with Crippen molar-refractivity contribution in [2.24, 2.45) is 5.41 Å². The molecule has 1 aliphatic heterocycles. The standard InChI is InChI=1S/C28H48N4O4/c1-6-28(4,5)20-25(33)31-24(27(34)35)14-17-32(18-19-36-21(2)3)16-8-7-11-23-13-12-22-10-9-15-29-26(22)30-23/h12-13,21,24H,6-11,14-20H2,1-5H3,(H,29,30)(H,31,33)(H,34,35). The van der Waals surface area contributed by atoms with Crippen LogP contribution in [0.3, 0.4) is 0 Å². The van der Waals surface area contributed by atoms with E-state index in [4.69, 9.17) is 9.72 Å². The van der Waals surface area contributed by atoms with E-state index >= 15 is 0 Å². The van der Waals surface area contributed by atoms with Gasteiger partial charge in [-0.1, -0.05) is 33.3 Å². The fourth-order valence-electron chi connectivity index (χ4n) is 4.28. The molecule has 204 valence electrons. The summed E-state index contributed by atoms with van der Waals surface area (Å²) in [4.78, 5) is 31.3. The largest absolute Gasteiger partial charge is 0.480 e. The number of nitrogens with zero attached hydrogens (tertiary/aromatic N) is 2. The molecule has 1 amide bonds. The van der Waals surface area contributed by atoms with Gasteiger partial charge < -0.3 is 25.4 Å². The molecular formula is C28H48N4O4. The maximum Gasteiger partial charge on any atom is 0.326 e. The average Bonchev–Trinajstić information content (AvgIpc) is 2.83. The zero-order valence-electron chi connectivity index (χ0n) is 23.1. The molecule has 8 nitrogen and oxygen atoms in total. The molecule has 3 N–H and O–H groups in total. The van der Waals surface area contributed by atoms with Crippen molar-refractivity contribution in [1.82, 2.24) is 15.2 Å². The quantitative estimate of drug-likeness (QED) is 0.272. The Labute approximate surface area is 217 Å². The Kier molecular flexibility index (Phi) is 12.6. The molecule has 8 heteroatoms. The van der Waals surface area contributed by atoms with Crippen LogP contribution in [-0.4, -0.2) is 71.8 Å². The monoisotopic (exact) mass is 504 g/mol. The van der Waals surface area contributed by atoms with Crippen LogP contribution in [0, 0.1) is 5.41 Å². The Morgan fingerprint density at radius 1 is 1.22 bits per heavy atom. The number of aliphatic carboxylic acids is 1. The van der Waals surface area contributed by atoms with Crippen LogP contribution in [0.15, 0.2) is 12.1 Å². The second-order valence-corrected chi connectivity index (χ2v) is 11.0. The summed E-state index contributed by atoms with van der Waals surface area (Å²) in [5, 5.41) is 15.8. The predicted molar refractivity (Wildman–Crippen MR) is 144 cm³/mol. The molecule has 1 aliphatic rings. The van der Waals surface area contributed by atoms with E-state index in [9.17, 15) is 14.7 Å². The first-order valence-electron chi connectivity index (χ1n) is 13.7. The summed E-state index contributed by atoms with van der Waals surface area (Å²) in [6.45, 7) is 13.9. The van der Waals surface area contributed by atoms with Crippen LogP contribution in [0.5, 0.6) is 0 Å². The first-order chi connectivity index (χ1) is 17.1. The van der Waals surface area contributed by atoms with Crippen LogP contribution < -0.4 is 10.6 Å². The Hall–Kier alpha value is -2.19. The van der Waals surface area contributed by atoms with Crippen molar-refractivity contribution in [3.63, 3.8) is 0 Å². The van der Waals surface area contributed by atoms with E-state index in [1.54, 1.807) is 0 Å². The minimum Gasteiger partial charge on any atom is -0.480 e. The summed E-state index contributed by atoms with van der Waals surface area (Å²) < 4.78 is 5.74. The number of pyridine rings is 1. The molecule has 0 bridgehead atoms. The number of amides is 1. The predicted octanol–water partition coefficient (Wildman–Crippen LogP) is 4.28. The zero-order chi connectivity index (χ0) is 26.6. The van der Waals surface area contributed by atoms with Gasteiger partial charge in [-0.05, 0) is 76.0 Å². The molecular weight excluding hydrogens is 456 g/mol. The van der Waals surface area contributed by atoms with Crippen LogP contribution in [0.2, 0.25) is 0 Å². The van der Waals surface area contributed by atoms with Gasteiger partial charge in [0.15, 0.2) is 0 Å². The Morgan fingerprint density at radius 3 is 2.69 bits per heavy atom. The van der Waals surface area contributed by atoms with Gasteiger partial charge in [-0.15, -0.1) is 0 Å². The van der Waals surface area contributed by atoms with Gasteiger partial charge in [0.1, 0.15) is 11.9 Å². The van der Waals surface area contributed by atoms with Crippen molar-refractivity contribution < 1.29 is 19.4 Å². The van der Waals surface area contributed by atoms with E-state index in [1.807, 2.05) is 34.6 Å². The van der Waals surface area contributed by atoms with E-state index < -0.39 is 12.0 Å². The number of carbonyl (C=O) groups excluding carboxylic acids is 1. The van der Waals surface area contributed by atoms with E-state index in [-0.39, 0.29) is 17.4 Å². The van der Waals surface area contributed by atoms with Gasteiger partial charge in [-0.3, -0.25) is 4.79 Å². The van der Waals surface area contributed by atoms with Gasteiger partial charge in [-0.2, -0.15) is 0 Å². The lowest BCUT2D eigenvalue weighted by Gasteiger charge is -2.26. The molecule has 0 aliphatic carbocycles. The van der Waals surface area contributed by atoms with Gasteiger partial charge in [0.2, 0.25) is 5.91 Å². The first kappa shape index (κ1) is 30.0.